The summed E-state index contributed by atoms with van der Waals surface area (Å²) in [7, 11) is -5.12. The van der Waals surface area contributed by atoms with E-state index in [4.69, 9.17) is 48.1 Å². The van der Waals surface area contributed by atoms with E-state index in [-0.39, 0.29) is 80.0 Å². The van der Waals surface area contributed by atoms with Gasteiger partial charge in [-0.15, -0.1) is 18.6 Å². The lowest BCUT2D eigenvalue weighted by Crippen LogP contribution is -2.60. The van der Waals surface area contributed by atoms with Crippen LogP contribution in [0.5, 0.6) is 23.1 Å². The van der Waals surface area contributed by atoms with Gasteiger partial charge in [-0.3, -0.25) is 9.69 Å². The Hall–Kier alpha value is -6.40. The van der Waals surface area contributed by atoms with Crippen LogP contribution in [0, 0.1) is 0 Å². The van der Waals surface area contributed by atoms with Crippen LogP contribution in [0.15, 0.2) is 72.0 Å². The maximum Gasteiger partial charge on any atom is 0.501 e. The third kappa shape index (κ3) is 15.0. The zero-order chi connectivity index (χ0) is 54.3. The molecule has 418 valence electrons. The smallest absolute Gasteiger partial charge is 0.476 e. The van der Waals surface area contributed by atoms with Gasteiger partial charge < -0.3 is 83.4 Å². The van der Waals surface area contributed by atoms with E-state index >= 15 is 0 Å². The largest absolute Gasteiger partial charge is 0.501 e. The first kappa shape index (κ1) is 56.8. The zero-order valence-corrected chi connectivity index (χ0v) is 43.3. The number of nitrogens with two attached hydrogens (primary N) is 1. The van der Waals surface area contributed by atoms with Crippen molar-refractivity contribution in [3.63, 3.8) is 0 Å². The molecule has 4 aliphatic rings. The molecule has 77 heavy (non-hydrogen) atoms. The molecule has 0 radical (unpaired) electrons. The van der Waals surface area contributed by atoms with E-state index in [2.05, 4.69) is 57.5 Å². The number of nitrogen functional groups attached to an aromatic ring is 1. The summed E-state index contributed by atoms with van der Waals surface area (Å²) in [5.41, 5.74) is 16.8. The van der Waals surface area contributed by atoms with Crippen molar-refractivity contribution in [2.24, 2.45) is 5.11 Å². The fourth-order valence-electron chi connectivity index (χ4n) is 9.54. The van der Waals surface area contributed by atoms with Gasteiger partial charge in [0.15, 0.2) is 23.1 Å². The van der Waals surface area contributed by atoms with Gasteiger partial charge in [-0.05, 0) is 67.8 Å². The number of carbonyl (C=O) groups excluding carboxylic acids is 1. The highest BCUT2D eigenvalue weighted by Gasteiger charge is 2.45. The second-order valence-corrected chi connectivity index (χ2v) is 19.7. The molecule has 1 amide bonds. The number of hydrogen-bond donors (Lipinski definition) is 7. The SMILES string of the molecule is C[C@@H]1CNCCN1CCOc1cc(N2C3CC[C@H]2CN(c2cc(-c4ccccc4OS(=O)(=O)Oc4cc(C(=O)NCCOCCOCCOCCN=[N+]=[N-])ccc4O[C@@H]4O[C@H](CO)[C@H](O)[C@H](O)[C@H]4O)nnc2N)C3)ccn1. The molecule has 4 aliphatic heterocycles. The number of rotatable bonds is 27. The number of aliphatic hydroxyl groups excluding tert-OH is 4. The number of benzene rings is 2. The van der Waals surface area contributed by atoms with E-state index in [1.54, 1.807) is 30.5 Å². The number of aromatic nitrogens is 3. The van der Waals surface area contributed by atoms with Crippen molar-refractivity contribution in [2.45, 2.75) is 68.6 Å². The van der Waals surface area contributed by atoms with Crippen molar-refractivity contribution in [1.82, 2.24) is 30.7 Å². The van der Waals surface area contributed by atoms with Gasteiger partial charge in [-0.2, -0.15) is 0 Å². The molecule has 4 saturated heterocycles. The number of azide groups is 1. The summed E-state index contributed by atoms with van der Waals surface area (Å²) >= 11 is 0. The Morgan fingerprint density at radius 3 is 2.40 bits per heavy atom. The van der Waals surface area contributed by atoms with Gasteiger partial charge in [-0.1, -0.05) is 17.2 Å². The Bertz CT molecular complexity index is 2730. The number of hydrogen-bond acceptors (Lipinski definition) is 24. The third-order valence-corrected chi connectivity index (χ3v) is 14.2. The van der Waals surface area contributed by atoms with E-state index in [0.717, 1.165) is 50.8 Å². The molecule has 0 aliphatic carbocycles. The van der Waals surface area contributed by atoms with Gasteiger partial charge >= 0.3 is 10.4 Å². The minimum Gasteiger partial charge on any atom is -0.476 e. The molecule has 1 unspecified atom stereocenters. The Morgan fingerprint density at radius 2 is 1.65 bits per heavy atom. The topological polar surface area (TPSA) is 353 Å². The third-order valence-electron chi connectivity index (χ3n) is 13.4. The lowest BCUT2D eigenvalue weighted by molar-refractivity contribution is -0.277. The second-order valence-electron chi connectivity index (χ2n) is 18.6. The first-order chi connectivity index (χ1) is 37.3. The first-order valence-electron chi connectivity index (χ1n) is 25.4. The predicted octanol–water partition coefficient (Wildman–Crippen LogP) is 0.622. The summed E-state index contributed by atoms with van der Waals surface area (Å²) in [4.78, 5) is 27.5. The number of pyridine rings is 1. The Labute approximate surface area is 445 Å². The maximum absolute atomic E-state index is 14.0. The van der Waals surface area contributed by atoms with Crippen molar-refractivity contribution in [1.29, 1.82) is 0 Å². The molecule has 4 aromatic rings. The van der Waals surface area contributed by atoms with Crippen molar-refractivity contribution in [3.8, 4) is 34.4 Å². The number of para-hydroxylation sites is 1. The second kappa shape index (κ2) is 27.3. The highest BCUT2D eigenvalue weighted by Crippen LogP contribution is 2.40. The van der Waals surface area contributed by atoms with Crippen LogP contribution in [0.2, 0.25) is 0 Å². The molecule has 8 atom stereocenters. The molecule has 2 aromatic carbocycles. The van der Waals surface area contributed by atoms with Gasteiger partial charge in [0.25, 0.3) is 5.91 Å². The monoisotopic (exact) mass is 1090 g/mol. The number of fused-ring (bicyclic) bond motifs is 2. The number of amides is 1. The molecular weight excluding hydrogens is 1030 g/mol. The summed E-state index contributed by atoms with van der Waals surface area (Å²) < 4.78 is 72.7. The molecule has 2 bridgehead atoms. The van der Waals surface area contributed by atoms with E-state index < -0.39 is 65.1 Å². The minimum absolute atomic E-state index is 0.0473. The standard InChI is InChI=1S/C49H66N12O15S/c1-31-27-52-12-15-59(31)16-19-72-43-25-33(10-11-53-43)61-34-7-8-35(61)29-60(28-34)38-26-37(56-57-47(38)50)36-4-2-3-5-39(36)75-77(67,68)76-41-24-32(6-9-40(41)73-49-46(65)45(64)44(63)42(30-62)74-49)48(66)54-13-17-69-20-22-71-23-21-70-18-14-55-58-51/h2-6,9-11,24-26,31,34-35,42,44-46,49,52,62-65H,7-8,12-23,27-30H2,1H3,(H2,50,57)(H,54,66)/t31-,34+,35?,42-,44+,45+,46-,49-/m1/s1. The van der Waals surface area contributed by atoms with Crippen LogP contribution in [-0.4, -0.2) is 209 Å². The van der Waals surface area contributed by atoms with E-state index in [9.17, 15) is 33.6 Å². The summed E-state index contributed by atoms with van der Waals surface area (Å²) in [5.74, 6) is -1.10. The molecule has 0 saturated carbocycles. The number of piperazine rings is 2. The number of ether oxygens (including phenoxy) is 6. The van der Waals surface area contributed by atoms with Gasteiger partial charge in [0.05, 0.1) is 57.6 Å². The number of nitrogens with one attached hydrogen (secondary N) is 2. The molecular formula is C49H66N12O15S. The summed E-state index contributed by atoms with van der Waals surface area (Å²) in [6.45, 7) is 8.60. The Balaban J connectivity index is 0.927. The normalized spacial score (nSPS) is 23.5. The molecule has 4 fully saturated rings. The maximum atomic E-state index is 14.0. The molecule has 0 spiro atoms. The lowest BCUT2D eigenvalue weighted by atomic mass is 9.99. The van der Waals surface area contributed by atoms with Crippen molar-refractivity contribution in [2.75, 3.05) is 121 Å². The zero-order valence-electron chi connectivity index (χ0n) is 42.5. The summed E-state index contributed by atoms with van der Waals surface area (Å²) in [6, 6.07) is 16.1. The molecule has 6 heterocycles. The van der Waals surface area contributed by atoms with E-state index in [1.165, 1.54) is 18.2 Å². The number of anilines is 3. The number of carbonyl (C=O) groups is 1. The van der Waals surface area contributed by atoms with Gasteiger partial charge in [0.1, 0.15) is 31.0 Å². The van der Waals surface area contributed by atoms with Crippen LogP contribution >= 0.6 is 0 Å². The van der Waals surface area contributed by atoms with Crippen LogP contribution in [0.25, 0.3) is 21.7 Å². The average molecular weight is 1100 g/mol. The van der Waals surface area contributed by atoms with Gasteiger partial charge in [0, 0.05) is 104 Å². The first-order valence-corrected chi connectivity index (χ1v) is 26.7. The van der Waals surface area contributed by atoms with Crippen molar-refractivity contribution in [3.05, 3.63) is 82.9 Å². The van der Waals surface area contributed by atoms with Crippen LogP contribution in [0.4, 0.5) is 17.2 Å². The summed E-state index contributed by atoms with van der Waals surface area (Å²) in [5, 5.41) is 59.4. The van der Waals surface area contributed by atoms with E-state index in [0.29, 0.717) is 50.5 Å². The Morgan fingerprint density at radius 1 is 0.909 bits per heavy atom. The van der Waals surface area contributed by atoms with Gasteiger partial charge in [0.2, 0.25) is 12.2 Å². The van der Waals surface area contributed by atoms with Crippen LogP contribution in [-0.2, 0) is 29.3 Å². The number of nitrogens with zero attached hydrogens (tertiary/aromatic N) is 9. The summed E-state index contributed by atoms with van der Waals surface area (Å²) in [6.07, 6.45) is -4.87. The van der Waals surface area contributed by atoms with Crippen LogP contribution in [0.3, 0.4) is 0 Å². The van der Waals surface area contributed by atoms with E-state index in [1.807, 2.05) is 12.1 Å². The van der Waals surface area contributed by atoms with Crippen molar-refractivity contribution < 1.29 is 70.4 Å². The Kier molecular flexibility index (Phi) is 20.1. The molecule has 2 aromatic heterocycles. The van der Waals surface area contributed by atoms with Crippen LogP contribution < -0.4 is 44.0 Å². The fraction of sp³-hybridized carbons (Fsp3) is 0.551. The molecule has 27 nitrogen and oxygen atoms in total. The quantitative estimate of drug-likeness (QED) is 0.0186. The number of aliphatic hydroxyl groups is 4. The molecule has 28 heteroatoms. The van der Waals surface area contributed by atoms with Crippen molar-refractivity contribution >= 4 is 33.5 Å². The van der Waals surface area contributed by atoms with Crippen LogP contribution in [0.1, 0.15) is 30.1 Å². The van der Waals surface area contributed by atoms with Gasteiger partial charge in [-0.25, -0.2) is 4.98 Å². The lowest BCUT2D eigenvalue weighted by Gasteiger charge is -2.43. The average Bonchev–Trinajstić information content (AvgIpc) is 3.70. The minimum atomic E-state index is -5.12. The predicted molar refractivity (Wildman–Crippen MR) is 277 cm³/mol. The highest BCUT2D eigenvalue weighted by molar-refractivity contribution is 7.82. The fourth-order valence-corrected chi connectivity index (χ4v) is 10.3. The molecule has 8 N–H and O–H groups in total. The highest BCUT2D eigenvalue weighted by atomic mass is 32.3. The molecule has 8 rings (SSSR count).